The predicted octanol–water partition coefficient (Wildman–Crippen LogP) is 6.18. The smallest absolute Gasteiger partial charge is 0.370 e. The summed E-state index contributed by atoms with van der Waals surface area (Å²) in [6.07, 6.45) is -1.25. The lowest BCUT2D eigenvalue weighted by Crippen LogP contribution is -2.27. The summed E-state index contributed by atoms with van der Waals surface area (Å²) in [5.74, 6) is -1.03. The average molecular weight is 439 g/mol. The molecule has 0 aliphatic heterocycles. The summed E-state index contributed by atoms with van der Waals surface area (Å²) in [7, 11) is 0. The summed E-state index contributed by atoms with van der Waals surface area (Å²) in [5.41, 5.74) is 0.300. The lowest BCUT2D eigenvalue weighted by molar-refractivity contribution is -0.137. The number of amides is 1. The van der Waals surface area contributed by atoms with E-state index in [1.165, 1.54) is 30.3 Å². The van der Waals surface area contributed by atoms with Crippen LogP contribution >= 0.6 is 0 Å². The molecule has 1 aromatic heterocycles. The van der Waals surface area contributed by atoms with E-state index in [2.05, 4.69) is 15.6 Å². The van der Waals surface area contributed by atoms with Crippen LogP contribution in [0.2, 0.25) is 0 Å². The van der Waals surface area contributed by atoms with E-state index < -0.39 is 29.5 Å². The van der Waals surface area contributed by atoms with E-state index in [-0.39, 0.29) is 0 Å². The van der Waals surface area contributed by atoms with Crippen LogP contribution in [-0.2, 0) is 11.0 Å². The molecule has 0 saturated heterocycles. The highest BCUT2D eigenvalue weighted by Crippen LogP contribution is 2.31. The standard InChI is InChI=1S/C24H17F4N3O/c25-18-4-2-5-19(13-18)30-22(15-7-9-17(10-8-15)24(26,27)28)23(32)31-21-6-1-3-16-14-29-12-11-20(16)21/h1-14,22,30H,(H,31,32). The van der Waals surface area contributed by atoms with Gasteiger partial charge < -0.3 is 10.6 Å². The Hall–Kier alpha value is -3.94. The van der Waals surface area contributed by atoms with Crippen molar-refractivity contribution in [2.24, 2.45) is 0 Å². The topological polar surface area (TPSA) is 54.0 Å². The minimum atomic E-state index is -4.50. The van der Waals surface area contributed by atoms with E-state index in [4.69, 9.17) is 0 Å². The normalized spacial score (nSPS) is 12.4. The van der Waals surface area contributed by atoms with Crippen LogP contribution in [0, 0.1) is 5.82 Å². The van der Waals surface area contributed by atoms with Gasteiger partial charge in [0.2, 0.25) is 0 Å². The van der Waals surface area contributed by atoms with Crippen molar-refractivity contribution in [3.8, 4) is 0 Å². The quantitative estimate of drug-likeness (QED) is 0.365. The molecule has 32 heavy (non-hydrogen) atoms. The molecule has 0 fully saturated rings. The van der Waals surface area contributed by atoms with Crippen LogP contribution in [0.1, 0.15) is 17.2 Å². The molecular weight excluding hydrogens is 422 g/mol. The Morgan fingerprint density at radius 2 is 1.69 bits per heavy atom. The number of pyridine rings is 1. The first kappa shape index (κ1) is 21.3. The number of benzene rings is 3. The molecule has 3 aromatic carbocycles. The SMILES string of the molecule is O=C(Nc1cccc2cnccc12)C(Nc1cccc(F)c1)c1ccc(C(F)(F)F)cc1. The van der Waals surface area contributed by atoms with Gasteiger partial charge in [0, 0.05) is 34.5 Å². The summed E-state index contributed by atoms with van der Waals surface area (Å²) < 4.78 is 52.5. The number of hydrogen-bond donors (Lipinski definition) is 2. The number of fused-ring (bicyclic) bond motifs is 1. The third-order valence-electron chi connectivity index (χ3n) is 4.91. The number of halogens is 4. The maximum Gasteiger partial charge on any atom is 0.416 e. The maximum absolute atomic E-state index is 13.7. The number of hydrogen-bond acceptors (Lipinski definition) is 3. The summed E-state index contributed by atoms with van der Waals surface area (Å²) in [5, 5.41) is 7.31. The first-order chi connectivity index (χ1) is 15.3. The Kier molecular flexibility index (Phi) is 5.77. The zero-order valence-electron chi connectivity index (χ0n) is 16.5. The lowest BCUT2D eigenvalue weighted by Gasteiger charge is -2.21. The molecule has 4 rings (SSSR count). The number of rotatable bonds is 5. The van der Waals surface area contributed by atoms with Crippen molar-refractivity contribution in [2.75, 3.05) is 10.6 Å². The highest BCUT2D eigenvalue weighted by molar-refractivity contribution is 6.04. The monoisotopic (exact) mass is 439 g/mol. The summed E-state index contributed by atoms with van der Waals surface area (Å²) >= 11 is 0. The highest BCUT2D eigenvalue weighted by Gasteiger charge is 2.31. The van der Waals surface area contributed by atoms with E-state index in [1.54, 1.807) is 36.7 Å². The molecule has 1 atom stereocenters. The number of carbonyl (C=O) groups excluding carboxylic acids is 1. The van der Waals surface area contributed by atoms with Gasteiger partial charge in [0.25, 0.3) is 5.91 Å². The van der Waals surface area contributed by atoms with Crippen molar-refractivity contribution >= 4 is 28.1 Å². The Balaban J connectivity index is 1.68. The van der Waals surface area contributed by atoms with Gasteiger partial charge in [-0.15, -0.1) is 0 Å². The molecule has 162 valence electrons. The van der Waals surface area contributed by atoms with Crippen molar-refractivity contribution in [3.63, 3.8) is 0 Å². The second kappa shape index (κ2) is 8.66. The van der Waals surface area contributed by atoms with Crippen LogP contribution in [0.15, 0.2) is 85.2 Å². The summed E-state index contributed by atoms with van der Waals surface area (Å²) in [4.78, 5) is 17.3. The van der Waals surface area contributed by atoms with Gasteiger partial charge >= 0.3 is 6.18 Å². The molecule has 0 bridgehead atoms. The third-order valence-corrected chi connectivity index (χ3v) is 4.91. The number of anilines is 2. The molecule has 1 heterocycles. The van der Waals surface area contributed by atoms with Crippen LogP contribution in [0.4, 0.5) is 28.9 Å². The molecule has 0 radical (unpaired) electrons. The van der Waals surface area contributed by atoms with E-state index in [0.717, 1.165) is 22.9 Å². The largest absolute Gasteiger partial charge is 0.416 e. The minimum Gasteiger partial charge on any atom is -0.370 e. The number of carbonyl (C=O) groups is 1. The number of nitrogens with one attached hydrogen (secondary N) is 2. The van der Waals surface area contributed by atoms with Gasteiger partial charge in [-0.1, -0.05) is 30.3 Å². The second-order valence-electron chi connectivity index (χ2n) is 7.10. The van der Waals surface area contributed by atoms with E-state index in [1.807, 2.05) is 6.07 Å². The Morgan fingerprint density at radius 1 is 0.938 bits per heavy atom. The van der Waals surface area contributed by atoms with Crippen molar-refractivity contribution in [1.29, 1.82) is 0 Å². The zero-order valence-corrected chi connectivity index (χ0v) is 16.5. The summed E-state index contributed by atoms with van der Waals surface area (Å²) in [6.45, 7) is 0. The number of nitrogens with zero attached hydrogens (tertiary/aromatic N) is 1. The molecule has 8 heteroatoms. The van der Waals surface area contributed by atoms with Crippen molar-refractivity contribution in [2.45, 2.75) is 12.2 Å². The predicted molar refractivity (Wildman–Crippen MR) is 115 cm³/mol. The molecule has 1 unspecified atom stereocenters. The molecule has 2 N–H and O–H groups in total. The van der Waals surface area contributed by atoms with Crippen molar-refractivity contribution in [3.05, 3.63) is 102 Å². The molecule has 0 saturated carbocycles. The zero-order chi connectivity index (χ0) is 22.7. The first-order valence-electron chi connectivity index (χ1n) is 9.64. The van der Waals surface area contributed by atoms with Crippen LogP contribution in [-0.4, -0.2) is 10.9 Å². The Morgan fingerprint density at radius 3 is 2.41 bits per heavy atom. The van der Waals surface area contributed by atoms with Gasteiger partial charge in [-0.2, -0.15) is 13.2 Å². The molecule has 0 aliphatic rings. The second-order valence-corrected chi connectivity index (χ2v) is 7.10. The maximum atomic E-state index is 13.7. The number of alkyl halides is 3. The molecular formula is C24H17F4N3O. The lowest BCUT2D eigenvalue weighted by atomic mass is 10.0. The van der Waals surface area contributed by atoms with Gasteiger partial charge in [0.05, 0.1) is 5.56 Å². The van der Waals surface area contributed by atoms with E-state index in [0.29, 0.717) is 16.9 Å². The number of aromatic nitrogens is 1. The Bertz CT molecular complexity index is 1250. The average Bonchev–Trinajstić information content (AvgIpc) is 2.77. The fourth-order valence-electron chi connectivity index (χ4n) is 3.35. The van der Waals surface area contributed by atoms with E-state index >= 15 is 0 Å². The van der Waals surface area contributed by atoms with Crippen LogP contribution < -0.4 is 10.6 Å². The van der Waals surface area contributed by atoms with Gasteiger partial charge in [0.15, 0.2) is 0 Å². The molecule has 1 amide bonds. The van der Waals surface area contributed by atoms with Crippen LogP contribution in [0.25, 0.3) is 10.8 Å². The third kappa shape index (κ3) is 4.69. The van der Waals surface area contributed by atoms with Crippen molar-refractivity contribution < 1.29 is 22.4 Å². The van der Waals surface area contributed by atoms with Gasteiger partial charge in [-0.25, -0.2) is 4.39 Å². The minimum absolute atomic E-state index is 0.293. The fourth-order valence-corrected chi connectivity index (χ4v) is 3.35. The van der Waals surface area contributed by atoms with Crippen molar-refractivity contribution in [1.82, 2.24) is 4.98 Å². The highest BCUT2D eigenvalue weighted by atomic mass is 19.4. The molecule has 0 spiro atoms. The first-order valence-corrected chi connectivity index (χ1v) is 9.64. The van der Waals surface area contributed by atoms with Gasteiger partial charge in [-0.3, -0.25) is 9.78 Å². The molecule has 4 nitrogen and oxygen atoms in total. The Labute approximate surface area is 180 Å². The summed E-state index contributed by atoms with van der Waals surface area (Å²) in [6, 6.07) is 15.8. The van der Waals surface area contributed by atoms with Gasteiger partial charge in [-0.05, 0) is 48.0 Å². The molecule has 4 aromatic rings. The van der Waals surface area contributed by atoms with E-state index in [9.17, 15) is 22.4 Å². The van der Waals surface area contributed by atoms with Crippen LogP contribution in [0.5, 0.6) is 0 Å². The van der Waals surface area contributed by atoms with Gasteiger partial charge in [0.1, 0.15) is 11.9 Å². The van der Waals surface area contributed by atoms with Crippen LogP contribution in [0.3, 0.4) is 0 Å². The molecule has 0 aliphatic carbocycles. The fraction of sp³-hybridized carbons (Fsp3) is 0.0833.